The Kier molecular flexibility index (Phi) is 5.19. The van der Waals surface area contributed by atoms with Crippen molar-refractivity contribution >= 4 is 29.0 Å². The minimum atomic E-state index is -0.107. The van der Waals surface area contributed by atoms with E-state index in [1.807, 2.05) is 12.3 Å². The number of carbonyl (C=O) groups excluding carboxylic acids is 1. The van der Waals surface area contributed by atoms with Gasteiger partial charge in [0.25, 0.3) is 0 Å². The van der Waals surface area contributed by atoms with Crippen LogP contribution in [0.4, 0.5) is 0 Å². The van der Waals surface area contributed by atoms with Gasteiger partial charge in [-0.15, -0.1) is 11.3 Å². The molecule has 0 saturated heterocycles. The maximum absolute atomic E-state index is 12.2. The molecule has 2 aromatic rings. The molecule has 108 valence electrons. The number of carbonyl (C=O) groups is 1. The summed E-state index contributed by atoms with van der Waals surface area (Å²) in [5, 5.41) is 5.82. The van der Waals surface area contributed by atoms with Gasteiger partial charge in [-0.25, -0.2) is 4.98 Å². The zero-order valence-corrected chi connectivity index (χ0v) is 13.3. The predicted molar refractivity (Wildman–Crippen MR) is 79.9 cm³/mol. The fourth-order valence-electron chi connectivity index (χ4n) is 1.69. The molecule has 0 radical (unpaired) electrons. The van der Waals surface area contributed by atoms with E-state index in [9.17, 15) is 4.79 Å². The summed E-state index contributed by atoms with van der Waals surface area (Å²) in [6, 6.07) is 1.66. The highest BCUT2D eigenvalue weighted by Gasteiger charge is 2.20. The average molecular weight is 311 g/mol. The summed E-state index contributed by atoms with van der Waals surface area (Å²) in [4.78, 5) is 18.4. The van der Waals surface area contributed by atoms with Crippen LogP contribution < -0.4 is 0 Å². The molecule has 0 aromatic carbocycles. The fraction of sp³-hybridized carbons (Fsp3) is 0.462. The van der Waals surface area contributed by atoms with Crippen molar-refractivity contribution in [2.24, 2.45) is 0 Å². The number of nitrogens with zero attached hydrogens (tertiary/aromatic N) is 3. The zero-order chi connectivity index (χ0) is 14.5. The molecule has 0 saturated carbocycles. The monoisotopic (exact) mass is 311 g/mol. The normalized spacial score (nSPS) is 12.3. The zero-order valence-electron chi connectivity index (χ0n) is 11.7. The number of rotatable bonds is 6. The molecule has 7 heteroatoms. The third kappa shape index (κ3) is 3.61. The van der Waals surface area contributed by atoms with E-state index >= 15 is 0 Å². The summed E-state index contributed by atoms with van der Waals surface area (Å²) in [6.07, 6.45) is 1.83. The standard InChI is InChI=1S/C13H17N3O2S2/c1-4-19-13-14-10(8-20-13)7-12(17)16(3)9(2)11-5-6-18-15-11/h5-6,8-9H,4,7H2,1-3H3/t9-/m0/s1. The molecule has 0 bridgehead atoms. The summed E-state index contributed by atoms with van der Waals surface area (Å²) in [5.74, 6) is 1.02. The predicted octanol–water partition coefficient (Wildman–Crippen LogP) is 3.01. The minimum absolute atomic E-state index is 0.0267. The molecule has 0 spiro atoms. The molecule has 0 aliphatic rings. The van der Waals surface area contributed by atoms with Gasteiger partial charge in [0.05, 0.1) is 18.2 Å². The number of hydrogen-bond acceptors (Lipinski definition) is 6. The summed E-state index contributed by atoms with van der Waals surface area (Å²) in [6.45, 7) is 4.01. The van der Waals surface area contributed by atoms with Crippen LogP contribution in [0.25, 0.3) is 0 Å². The molecule has 0 N–H and O–H groups in total. The Balaban J connectivity index is 1.96. The van der Waals surface area contributed by atoms with Crippen molar-refractivity contribution in [3.63, 3.8) is 0 Å². The van der Waals surface area contributed by atoms with Crippen LogP contribution in [0.3, 0.4) is 0 Å². The van der Waals surface area contributed by atoms with Gasteiger partial charge in [-0.1, -0.05) is 23.8 Å². The lowest BCUT2D eigenvalue weighted by atomic mass is 10.2. The first-order chi connectivity index (χ1) is 9.61. The van der Waals surface area contributed by atoms with E-state index in [0.717, 1.165) is 21.5 Å². The molecule has 5 nitrogen and oxygen atoms in total. The van der Waals surface area contributed by atoms with Crippen LogP contribution in [0.5, 0.6) is 0 Å². The van der Waals surface area contributed by atoms with Gasteiger partial charge in [-0.2, -0.15) is 0 Å². The lowest BCUT2D eigenvalue weighted by molar-refractivity contribution is -0.131. The van der Waals surface area contributed by atoms with E-state index in [2.05, 4.69) is 17.1 Å². The molecule has 20 heavy (non-hydrogen) atoms. The molecule has 2 rings (SSSR count). The third-order valence-electron chi connectivity index (χ3n) is 2.99. The highest BCUT2D eigenvalue weighted by molar-refractivity contribution is 8.00. The molecular formula is C13H17N3O2S2. The van der Waals surface area contributed by atoms with Crippen LogP contribution in [-0.2, 0) is 11.2 Å². The van der Waals surface area contributed by atoms with E-state index in [4.69, 9.17) is 4.52 Å². The second kappa shape index (κ2) is 6.90. The van der Waals surface area contributed by atoms with E-state index in [-0.39, 0.29) is 11.9 Å². The number of likely N-dealkylation sites (N-methyl/N-ethyl adjacent to an activating group) is 1. The molecule has 1 amide bonds. The number of aromatic nitrogens is 2. The smallest absolute Gasteiger partial charge is 0.228 e. The summed E-state index contributed by atoms with van der Waals surface area (Å²) >= 11 is 3.28. The van der Waals surface area contributed by atoms with Crippen molar-refractivity contribution in [2.75, 3.05) is 12.8 Å². The minimum Gasteiger partial charge on any atom is -0.364 e. The maximum atomic E-state index is 12.2. The van der Waals surface area contributed by atoms with Gasteiger partial charge < -0.3 is 9.42 Å². The number of thioether (sulfide) groups is 1. The Morgan fingerprint density at radius 2 is 2.40 bits per heavy atom. The van der Waals surface area contributed by atoms with E-state index in [1.54, 1.807) is 41.1 Å². The van der Waals surface area contributed by atoms with Gasteiger partial charge in [0.1, 0.15) is 16.3 Å². The van der Waals surface area contributed by atoms with Gasteiger partial charge >= 0.3 is 0 Å². The second-order valence-electron chi connectivity index (χ2n) is 4.32. The lowest BCUT2D eigenvalue weighted by Gasteiger charge is -2.22. The first-order valence-corrected chi connectivity index (χ1v) is 8.21. The SMILES string of the molecule is CCSc1nc(CC(=O)N(C)[C@@H](C)c2ccon2)cs1. The molecule has 0 aliphatic heterocycles. The Bertz CT molecular complexity index is 554. The fourth-order valence-corrected chi connectivity index (χ4v) is 3.43. The van der Waals surface area contributed by atoms with Crippen LogP contribution in [-0.4, -0.2) is 33.7 Å². The molecule has 0 unspecified atom stereocenters. The van der Waals surface area contributed by atoms with Gasteiger partial charge in [0.15, 0.2) is 0 Å². The van der Waals surface area contributed by atoms with Crippen molar-refractivity contribution in [2.45, 2.75) is 30.6 Å². The van der Waals surface area contributed by atoms with E-state index < -0.39 is 0 Å². The van der Waals surface area contributed by atoms with Crippen molar-refractivity contribution in [1.29, 1.82) is 0 Å². The first kappa shape index (κ1) is 15.1. The van der Waals surface area contributed by atoms with E-state index in [0.29, 0.717) is 6.42 Å². The van der Waals surface area contributed by atoms with Gasteiger partial charge in [0, 0.05) is 18.5 Å². The maximum Gasteiger partial charge on any atom is 0.228 e. The number of amides is 1. The first-order valence-electron chi connectivity index (χ1n) is 6.35. The molecular weight excluding hydrogens is 294 g/mol. The van der Waals surface area contributed by atoms with Crippen LogP contribution >= 0.6 is 23.1 Å². The molecule has 1 atom stereocenters. The average Bonchev–Trinajstić information content (AvgIpc) is 3.09. The second-order valence-corrected chi connectivity index (χ2v) is 6.69. The van der Waals surface area contributed by atoms with E-state index in [1.165, 1.54) is 6.26 Å². The lowest BCUT2D eigenvalue weighted by Crippen LogP contribution is -2.31. The summed E-state index contributed by atoms with van der Waals surface area (Å²) < 4.78 is 5.83. The number of thiazole rings is 1. The Morgan fingerprint density at radius 1 is 1.60 bits per heavy atom. The van der Waals surface area contributed by atoms with Crippen molar-refractivity contribution in [3.8, 4) is 0 Å². The quantitative estimate of drug-likeness (QED) is 0.768. The largest absolute Gasteiger partial charge is 0.364 e. The highest BCUT2D eigenvalue weighted by Crippen LogP contribution is 2.23. The van der Waals surface area contributed by atoms with Crippen molar-refractivity contribution in [1.82, 2.24) is 15.0 Å². The molecule has 0 fully saturated rings. The topological polar surface area (TPSA) is 59.2 Å². The summed E-state index contributed by atoms with van der Waals surface area (Å²) in [5.41, 5.74) is 1.58. The van der Waals surface area contributed by atoms with Crippen LogP contribution in [0.15, 0.2) is 26.6 Å². The van der Waals surface area contributed by atoms with Gasteiger partial charge in [0.2, 0.25) is 5.91 Å². The Labute approximate surface area is 126 Å². The van der Waals surface area contributed by atoms with Gasteiger partial charge in [-0.3, -0.25) is 4.79 Å². The van der Waals surface area contributed by atoms with Gasteiger partial charge in [-0.05, 0) is 12.7 Å². The molecule has 2 aromatic heterocycles. The van der Waals surface area contributed by atoms with Crippen molar-refractivity contribution < 1.29 is 9.32 Å². The van der Waals surface area contributed by atoms with Crippen LogP contribution in [0.2, 0.25) is 0 Å². The number of hydrogen-bond donors (Lipinski definition) is 0. The highest BCUT2D eigenvalue weighted by atomic mass is 32.2. The molecule has 2 heterocycles. The Morgan fingerprint density at radius 3 is 3.05 bits per heavy atom. The Hall–Kier alpha value is -1.34. The van der Waals surface area contributed by atoms with Crippen LogP contribution in [0, 0.1) is 0 Å². The third-order valence-corrected chi connectivity index (χ3v) is 4.94. The molecule has 0 aliphatic carbocycles. The summed E-state index contributed by atoms with van der Waals surface area (Å²) in [7, 11) is 1.77. The van der Waals surface area contributed by atoms with Crippen LogP contribution in [0.1, 0.15) is 31.3 Å². The van der Waals surface area contributed by atoms with Crippen molar-refractivity contribution in [3.05, 3.63) is 29.1 Å².